The quantitative estimate of drug-likeness (QED) is 0.391. The summed E-state index contributed by atoms with van der Waals surface area (Å²) >= 11 is 1.71. The normalized spacial score (nSPS) is 11.2. The number of imidazole rings is 1. The van der Waals surface area contributed by atoms with Crippen LogP contribution in [0.15, 0.2) is 78.3 Å². The largest absolute Gasteiger partial charge is 0.337 e. The van der Waals surface area contributed by atoms with Gasteiger partial charge in [-0.05, 0) is 17.5 Å². The second kappa shape index (κ2) is 7.60. The molecule has 0 amide bonds. The summed E-state index contributed by atoms with van der Waals surface area (Å²) in [5, 5.41) is 3.19. The summed E-state index contributed by atoms with van der Waals surface area (Å²) in [5.41, 5.74) is 4.15. The van der Waals surface area contributed by atoms with Gasteiger partial charge in [-0.2, -0.15) is 0 Å². The Labute approximate surface area is 173 Å². The minimum atomic E-state index is 0.752. The molecule has 0 aliphatic carbocycles. The second-order valence-corrected chi connectivity index (χ2v) is 7.95. The van der Waals surface area contributed by atoms with Crippen molar-refractivity contribution >= 4 is 22.2 Å². The average molecular weight is 397 g/mol. The molecule has 0 saturated heterocycles. The number of rotatable bonds is 5. The van der Waals surface area contributed by atoms with E-state index < -0.39 is 0 Å². The minimum absolute atomic E-state index is 0.752. The molecule has 0 aliphatic rings. The monoisotopic (exact) mass is 396 g/mol. The van der Waals surface area contributed by atoms with E-state index in [1.165, 1.54) is 4.88 Å². The number of hydrogen-bond acceptors (Lipinski definition) is 4. The van der Waals surface area contributed by atoms with E-state index in [0.29, 0.717) is 0 Å². The van der Waals surface area contributed by atoms with Crippen LogP contribution in [-0.2, 0) is 19.9 Å². The highest BCUT2D eigenvalue weighted by Gasteiger charge is 2.12. The van der Waals surface area contributed by atoms with Crippen LogP contribution in [0.1, 0.15) is 11.6 Å². The maximum Gasteiger partial charge on any atom is 0.130 e. The molecule has 29 heavy (non-hydrogen) atoms. The Balaban J connectivity index is 1.45. The van der Waals surface area contributed by atoms with Crippen molar-refractivity contribution in [2.24, 2.45) is 7.05 Å². The third-order valence-corrected chi connectivity index (χ3v) is 5.90. The molecule has 0 unspecified atom stereocenters. The lowest BCUT2D eigenvalue weighted by molar-refractivity contribution is 0.751. The fourth-order valence-electron chi connectivity index (χ4n) is 3.55. The zero-order valence-corrected chi connectivity index (χ0v) is 16.9. The maximum absolute atomic E-state index is 4.92. The van der Waals surface area contributed by atoms with Crippen molar-refractivity contribution in [3.8, 4) is 21.8 Å². The molecule has 5 rings (SSSR count). The van der Waals surface area contributed by atoms with Gasteiger partial charge in [0.2, 0.25) is 0 Å². The van der Waals surface area contributed by atoms with Crippen LogP contribution in [0.3, 0.4) is 0 Å². The molecule has 0 fully saturated rings. The first-order chi connectivity index (χ1) is 14.3. The lowest BCUT2D eigenvalue weighted by atomic mass is 10.1. The smallest absolute Gasteiger partial charge is 0.130 e. The number of thiophene rings is 1. The molecular weight excluding hydrogens is 376 g/mol. The highest BCUT2D eigenvalue weighted by molar-refractivity contribution is 7.13. The van der Waals surface area contributed by atoms with E-state index in [-0.39, 0.29) is 0 Å². The van der Waals surface area contributed by atoms with Crippen LogP contribution in [0, 0.1) is 0 Å². The summed E-state index contributed by atoms with van der Waals surface area (Å²) in [4.78, 5) is 15.7. The van der Waals surface area contributed by atoms with Gasteiger partial charge in [-0.15, -0.1) is 11.3 Å². The van der Waals surface area contributed by atoms with E-state index in [9.17, 15) is 0 Å². The van der Waals surface area contributed by atoms with Crippen molar-refractivity contribution in [2.45, 2.75) is 12.8 Å². The summed E-state index contributed by atoms with van der Waals surface area (Å²) in [6, 6.07) is 22.7. The van der Waals surface area contributed by atoms with Crippen molar-refractivity contribution in [1.82, 2.24) is 19.5 Å². The average Bonchev–Trinajstić information content (AvgIpc) is 3.42. The van der Waals surface area contributed by atoms with E-state index in [1.54, 1.807) is 11.3 Å². The fraction of sp³-hybridized carbons (Fsp3) is 0.125. The number of nitrogens with zero attached hydrogens (tertiary/aromatic N) is 4. The zero-order chi connectivity index (χ0) is 19.6. The Hall–Kier alpha value is -3.31. The van der Waals surface area contributed by atoms with Crippen LogP contribution in [-0.4, -0.2) is 19.5 Å². The molecule has 5 heteroatoms. The number of para-hydroxylation sites is 1. The van der Waals surface area contributed by atoms with Crippen LogP contribution in [0.4, 0.5) is 0 Å². The van der Waals surface area contributed by atoms with Crippen molar-refractivity contribution in [2.75, 3.05) is 0 Å². The lowest BCUT2D eigenvalue weighted by Gasteiger charge is -2.07. The molecule has 4 nitrogen and oxygen atoms in total. The predicted molar refractivity (Wildman–Crippen MR) is 119 cm³/mol. The molecule has 2 aromatic carbocycles. The number of aromatic nitrogens is 4. The van der Waals surface area contributed by atoms with Crippen LogP contribution < -0.4 is 0 Å². The predicted octanol–water partition coefficient (Wildman–Crippen LogP) is 5.54. The molecule has 0 aliphatic heterocycles. The third kappa shape index (κ3) is 3.57. The van der Waals surface area contributed by atoms with Crippen molar-refractivity contribution < 1.29 is 0 Å². The molecule has 0 atom stereocenters. The summed E-state index contributed by atoms with van der Waals surface area (Å²) < 4.78 is 2.10. The van der Waals surface area contributed by atoms with E-state index in [0.717, 1.165) is 52.3 Å². The first-order valence-electron chi connectivity index (χ1n) is 9.65. The molecule has 0 radical (unpaired) electrons. The van der Waals surface area contributed by atoms with Gasteiger partial charge in [0.05, 0.1) is 21.8 Å². The summed E-state index contributed by atoms with van der Waals surface area (Å²) in [6.45, 7) is 0. The highest BCUT2D eigenvalue weighted by atomic mass is 32.1. The fourth-order valence-corrected chi connectivity index (χ4v) is 4.27. The van der Waals surface area contributed by atoms with Crippen LogP contribution in [0.2, 0.25) is 0 Å². The Bertz CT molecular complexity index is 1260. The number of fused-ring (bicyclic) bond motifs is 1. The zero-order valence-electron chi connectivity index (χ0n) is 16.1. The highest BCUT2D eigenvalue weighted by Crippen LogP contribution is 2.29. The molecule has 0 saturated carbocycles. The van der Waals surface area contributed by atoms with Gasteiger partial charge in [0.1, 0.15) is 11.6 Å². The molecular formula is C24H20N4S. The summed E-state index contributed by atoms with van der Waals surface area (Å²) in [7, 11) is 2.05. The van der Waals surface area contributed by atoms with Gasteiger partial charge >= 0.3 is 0 Å². The van der Waals surface area contributed by atoms with E-state index in [2.05, 4.69) is 52.5 Å². The van der Waals surface area contributed by atoms with E-state index in [1.807, 2.05) is 37.4 Å². The molecule has 142 valence electrons. The van der Waals surface area contributed by atoms with Gasteiger partial charge < -0.3 is 4.57 Å². The van der Waals surface area contributed by atoms with Gasteiger partial charge in [-0.1, -0.05) is 54.6 Å². The minimum Gasteiger partial charge on any atom is -0.337 e. The van der Waals surface area contributed by atoms with Gasteiger partial charge in [-0.3, -0.25) is 0 Å². The van der Waals surface area contributed by atoms with Crippen LogP contribution in [0.5, 0.6) is 0 Å². The van der Waals surface area contributed by atoms with Crippen molar-refractivity contribution in [1.29, 1.82) is 0 Å². The number of hydrogen-bond donors (Lipinski definition) is 0. The van der Waals surface area contributed by atoms with Crippen LogP contribution >= 0.6 is 11.3 Å². The molecule has 3 aromatic heterocycles. The van der Waals surface area contributed by atoms with Gasteiger partial charge in [0.15, 0.2) is 0 Å². The topological polar surface area (TPSA) is 43.6 Å². The lowest BCUT2D eigenvalue weighted by Crippen LogP contribution is -2.04. The Morgan fingerprint density at radius 3 is 2.48 bits per heavy atom. The number of aryl methyl sites for hydroxylation is 3. The Morgan fingerprint density at radius 1 is 0.828 bits per heavy atom. The van der Waals surface area contributed by atoms with Gasteiger partial charge in [0, 0.05) is 37.0 Å². The number of benzene rings is 2. The summed E-state index contributed by atoms with van der Waals surface area (Å²) in [6.07, 6.45) is 3.64. The molecule has 3 heterocycles. The van der Waals surface area contributed by atoms with Crippen molar-refractivity contribution in [3.05, 3.63) is 90.0 Å². The Morgan fingerprint density at radius 2 is 1.66 bits per heavy atom. The summed E-state index contributed by atoms with van der Waals surface area (Å²) in [5.74, 6) is 1.90. The first-order valence-corrected chi connectivity index (χ1v) is 10.5. The molecule has 5 aromatic rings. The SMILES string of the molecule is Cn1cc(-c2ccccc2)nc1CCc1nc(-c2cccs2)c2ccccc2n1. The Kier molecular flexibility index (Phi) is 4.66. The second-order valence-electron chi connectivity index (χ2n) is 7.00. The van der Waals surface area contributed by atoms with Crippen molar-refractivity contribution in [3.63, 3.8) is 0 Å². The third-order valence-electron chi connectivity index (χ3n) is 5.02. The molecule has 0 bridgehead atoms. The van der Waals surface area contributed by atoms with Crippen LogP contribution in [0.25, 0.3) is 32.7 Å². The molecule has 0 spiro atoms. The first kappa shape index (κ1) is 17.8. The standard InChI is InChI=1S/C24H20N4S/c1-28-16-20(17-8-3-2-4-9-17)26-23(28)14-13-22-25-19-11-6-5-10-18(19)24(27-22)21-12-7-15-29-21/h2-12,15-16H,13-14H2,1H3. The van der Waals surface area contributed by atoms with Gasteiger partial charge in [-0.25, -0.2) is 15.0 Å². The van der Waals surface area contributed by atoms with E-state index in [4.69, 9.17) is 15.0 Å². The van der Waals surface area contributed by atoms with Gasteiger partial charge in [0.25, 0.3) is 0 Å². The maximum atomic E-state index is 4.92. The van der Waals surface area contributed by atoms with E-state index >= 15 is 0 Å². The molecule has 0 N–H and O–H groups in total.